The van der Waals surface area contributed by atoms with Gasteiger partial charge in [0.25, 0.3) is 0 Å². The lowest BCUT2D eigenvalue weighted by molar-refractivity contribution is 0.262. The molecule has 0 bridgehead atoms. The normalized spacial score (nSPS) is 10.8. The van der Waals surface area contributed by atoms with Gasteiger partial charge in [0.15, 0.2) is 5.82 Å². The van der Waals surface area contributed by atoms with Crippen molar-refractivity contribution in [1.82, 2.24) is 24.3 Å². The molecule has 0 saturated carbocycles. The number of aliphatic hydroxyl groups excluding tert-OH is 1. The van der Waals surface area contributed by atoms with Crippen LogP contribution in [0.25, 0.3) is 0 Å². The fraction of sp³-hybridized carbons (Fsp3) is 0.444. The van der Waals surface area contributed by atoms with Crippen LogP contribution in [0, 0.1) is 0 Å². The fourth-order valence-electron chi connectivity index (χ4n) is 1.44. The third kappa shape index (κ3) is 2.04. The summed E-state index contributed by atoms with van der Waals surface area (Å²) in [4.78, 5) is 8.14. The summed E-state index contributed by atoms with van der Waals surface area (Å²) in [6, 6.07) is 0. The highest BCUT2D eigenvalue weighted by Gasteiger charge is 2.04. The van der Waals surface area contributed by atoms with Crippen LogP contribution in [0.3, 0.4) is 0 Å². The molecule has 6 nitrogen and oxygen atoms in total. The number of aliphatic hydroxyl groups is 1. The van der Waals surface area contributed by atoms with Crippen molar-refractivity contribution in [2.24, 2.45) is 7.05 Å². The average Bonchev–Trinajstić information content (AvgIpc) is 2.83. The fourth-order valence-corrected chi connectivity index (χ4v) is 1.44. The second-order valence-corrected chi connectivity index (χ2v) is 3.26. The van der Waals surface area contributed by atoms with Gasteiger partial charge in [-0.15, -0.1) is 0 Å². The van der Waals surface area contributed by atoms with Gasteiger partial charge in [-0.05, 0) is 0 Å². The Balaban J connectivity index is 2.02. The van der Waals surface area contributed by atoms with Crippen LogP contribution in [-0.4, -0.2) is 29.4 Å². The molecule has 0 saturated heterocycles. The highest BCUT2D eigenvalue weighted by molar-refractivity contribution is 4.92. The number of nitrogens with zero attached hydrogens (tertiary/aromatic N) is 5. The van der Waals surface area contributed by atoms with Gasteiger partial charge in [0.05, 0.1) is 6.54 Å². The van der Waals surface area contributed by atoms with E-state index in [1.807, 2.05) is 17.8 Å². The van der Waals surface area contributed by atoms with E-state index in [4.69, 9.17) is 5.11 Å². The SMILES string of the molecule is Cn1ccnc1CCn1ncnc1CO. The standard InChI is InChI=1S/C9H13N5O/c1-13-5-3-10-8(13)2-4-14-9(6-15)11-7-12-14/h3,5,7,15H,2,4,6H2,1H3. The maximum atomic E-state index is 8.97. The molecule has 0 aliphatic heterocycles. The molecule has 0 amide bonds. The van der Waals surface area contributed by atoms with E-state index in [0.29, 0.717) is 12.4 Å². The number of hydrogen-bond acceptors (Lipinski definition) is 4. The van der Waals surface area contributed by atoms with Gasteiger partial charge in [-0.2, -0.15) is 5.10 Å². The summed E-state index contributed by atoms with van der Waals surface area (Å²) in [5.74, 6) is 1.58. The Bertz CT molecular complexity index is 433. The van der Waals surface area contributed by atoms with Crippen LogP contribution in [0.5, 0.6) is 0 Å². The molecule has 0 fully saturated rings. The molecule has 1 N–H and O–H groups in total. The highest BCUT2D eigenvalue weighted by Crippen LogP contribution is 2.00. The predicted octanol–water partition coefficient (Wildman–Crippen LogP) is -0.253. The zero-order valence-electron chi connectivity index (χ0n) is 8.54. The average molecular weight is 207 g/mol. The summed E-state index contributed by atoms with van der Waals surface area (Å²) >= 11 is 0. The first-order valence-corrected chi connectivity index (χ1v) is 4.75. The Morgan fingerprint density at radius 2 is 2.20 bits per heavy atom. The van der Waals surface area contributed by atoms with Crippen molar-refractivity contribution in [3.05, 3.63) is 30.4 Å². The van der Waals surface area contributed by atoms with Crippen LogP contribution in [-0.2, 0) is 26.6 Å². The molecule has 2 aromatic rings. The largest absolute Gasteiger partial charge is 0.388 e. The van der Waals surface area contributed by atoms with E-state index in [2.05, 4.69) is 15.1 Å². The Kier molecular flexibility index (Phi) is 2.77. The lowest BCUT2D eigenvalue weighted by Crippen LogP contribution is -2.10. The summed E-state index contributed by atoms with van der Waals surface area (Å²) in [5.41, 5.74) is 0. The van der Waals surface area contributed by atoms with Gasteiger partial charge in [-0.3, -0.25) is 0 Å². The summed E-state index contributed by atoms with van der Waals surface area (Å²) < 4.78 is 3.66. The van der Waals surface area contributed by atoms with Gasteiger partial charge < -0.3 is 9.67 Å². The molecule has 0 aliphatic rings. The van der Waals surface area contributed by atoms with Crippen molar-refractivity contribution in [3.63, 3.8) is 0 Å². The number of rotatable bonds is 4. The lowest BCUT2D eigenvalue weighted by atomic mass is 10.4. The molecule has 6 heteroatoms. The van der Waals surface area contributed by atoms with E-state index < -0.39 is 0 Å². The second-order valence-electron chi connectivity index (χ2n) is 3.26. The number of hydrogen-bond donors (Lipinski definition) is 1. The molecule has 2 heterocycles. The topological polar surface area (TPSA) is 68.8 Å². The smallest absolute Gasteiger partial charge is 0.152 e. The van der Waals surface area contributed by atoms with E-state index in [-0.39, 0.29) is 6.61 Å². The van der Waals surface area contributed by atoms with Crippen molar-refractivity contribution in [2.45, 2.75) is 19.6 Å². The van der Waals surface area contributed by atoms with Crippen LogP contribution >= 0.6 is 0 Å². The summed E-state index contributed by atoms with van der Waals surface area (Å²) in [5, 5.41) is 13.0. The number of aryl methyl sites for hydroxylation is 3. The lowest BCUT2D eigenvalue weighted by Gasteiger charge is -2.04. The van der Waals surface area contributed by atoms with Crippen molar-refractivity contribution < 1.29 is 5.11 Å². The van der Waals surface area contributed by atoms with E-state index in [0.717, 1.165) is 12.2 Å². The molecule has 2 rings (SSSR count). The maximum absolute atomic E-state index is 8.97. The molecular weight excluding hydrogens is 194 g/mol. The minimum absolute atomic E-state index is 0.0828. The quantitative estimate of drug-likeness (QED) is 0.750. The molecule has 0 aromatic carbocycles. The monoisotopic (exact) mass is 207 g/mol. The van der Waals surface area contributed by atoms with E-state index in [1.165, 1.54) is 6.33 Å². The highest BCUT2D eigenvalue weighted by atomic mass is 16.3. The molecule has 2 aromatic heterocycles. The van der Waals surface area contributed by atoms with Gasteiger partial charge in [-0.25, -0.2) is 14.6 Å². The number of aromatic nitrogens is 5. The predicted molar refractivity (Wildman–Crippen MR) is 52.9 cm³/mol. The first kappa shape index (κ1) is 9.85. The van der Waals surface area contributed by atoms with E-state index in [1.54, 1.807) is 10.9 Å². The minimum atomic E-state index is -0.0828. The molecule has 0 spiro atoms. The summed E-state index contributed by atoms with van der Waals surface area (Å²) in [6.07, 6.45) is 5.90. The Morgan fingerprint density at radius 1 is 1.33 bits per heavy atom. The van der Waals surface area contributed by atoms with Crippen LogP contribution < -0.4 is 0 Å². The molecule has 15 heavy (non-hydrogen) atoms. The minimum Gasteiger partial charge on any atom is -0.388 e. The third-order valence-electron chi connectivity index (χ3n) is 2.31. The first-order valence-electron chi connectivity index (χ1n) is 4.75. The molecule has 0 aliphatic carbocycles. The van der Waals surface area contributed by atoms with Gasteiger partial charge >= 0.3 is 0 Å². The van der Waals surface area contributed by atoms with Crippen molar-refractivity contribution in [3.8, 4) is 0 Å². The zero-order chi connectivity index (χ0) is 10.7. The van der Waals surface area contributed by atoms with Crippen molar-refractivity contribution >= 4 is 0 Å². The molecule has 0 atom stereocenters. The molecular formula is C9H13N5O. The first-order chi connectivity index (χ1) is 7.31. The van der Waals surface area contributed by atoms with Crippen LogP contribution in [0.1, 0.15) is 11.6 Å². The zero-order valence-corrected chi connectivity index (χ0v) is 8.54. The van der Waals surface area contributed by atoms with Gasteiger partial charge in [0, 0.05) is 25.9 Å². The van der Waals surface area contributed by atoms with Gasteiger partial charge in [0.2, 0.25) is 0 Å². The summed E-state index contributed by atoms with van der Waals surface area (Å²) in [7, 11) is 1.95. The summed E-state index contributed by atoms with van der Waals surface area (Å²) in [6.45, 7) is 0.599. The van der Waals surface area contributed by atoms with Crippen LogP contribution in [0.2, 0.25) is 0 Å². The van der Waals surface area contributed by atoms with Gasteiger partial charge in [-0.1, -0.05) is 0 Å². The van der Waals surface area contributed by atoms with E-state index >= 15 is 0 Å². The maximum Gasteiger partial charge on any atom is 0.152 e. The Hall–Kier alpha value is -1.69. The molecule has 0 radical (unpaired) electrons. The second kappa shape index (κ2) is 4.22. The Morgan fingerprint density at radius 3 is 2.87 bits per heavy atom. The van der Waals surface area contributed by atoms with Crippen molar-refractivity contribution in [1.29, 1.82) is 0 Å². The molecule has 80 valence electrons. The van der Waals surface area contributed by atoms with Gasteiger partial charge in [0.1, 0.15) is 18.8 Å². The van der Waals surface area contributed by atoms with E-state index in [9.17, 15) is 0 Å². The number of imidazole rings is 1. The third-order valence-corrected chi connectivity index (χ3v) is 2.31. The van der Waals surface area contributed by atoms with Crippen LogP contribution in [0.4, 0.5) is 0 Å². The molecule has 0 unspecified atom stereocenters. The van der Waals surface area contributed by atoms with Crippen molar-refractivity contribution in [2.75, 3.05) is 0 Å². The van der Waals surface area contributed by atoms with Crippen LogP contribution in [0.15, 0.2) is 18.7 Å². The Labute approximate surface area is 87.2 Å².